The number of amides is 1. The predicted octanol–water partition coefficient (Wildman–Crippen LogP) is 3.79. The highest BCUT2D eigenvalue weighted by atomic mass is 32.2. The molecule has 0 aliphatic rings. The van der Waals surface area contributed by atoms with Crippen LogP contribution in [0, 0.1) is 13.8 Å². The van der Waals surface area contributed by atoms with Gasteiger partial charge in [0.1, 0.15) is 5.75 Å². The molecule has 2 aromatic carbocycles. The summed E-state index contributed by atoms with van der Waals surface area (Å²) in [5, 5.41) is 20.7. The summed E-state index contributed by atoms with van der Waals surface area (Å²) >= 11 is 1.14. The van der Waals surface area contributed by atoms with Crippen LogP contribution < -0.4 is 5.32 Å². The normalized spacial score (nSPS) is 10.6. The molecule has 0 bridgehead atoms. The topological polar surface area (TPSA) is 88.2 Å². The summed E-state index contributed by atoms with van der Waals surface area (Å²) in [5.41, 5.74) is 3.41. The number of hydrogen-bond acceptors (Lipinski definition) is 6. The van der Waals surface area contributed by atoms with Gasteiger partial charge in [-0.25, -0.2) is 0 Å². The molecule has 1 aromatic heterocycles. The van der Waals surface area contributed by atoms with E-state index in [-0.39, 0.29) is 28.5 Å². The van der Waals surface area contributed by atoms with Crippen LogP contribution in [0.15, 0.2) is 52.1 Å². The van der Waals surface area contributed by atoms with Gasteiger partial charge in [-0.1, -0.05) is 30.0 Å². The number of anilines is 1. The monoisotopic (exact) mass is 355 g/mol. The van der Waals surface area contributed by atoms with Crippen LogP contribution in [0.5, 0.6) is 5.75 Å². The average Bonchev–Trinajstić information content (AvgIpc) is 3.01. The van der Waals surface area contributed by atoms with Crippen LogP contribution in [0.1, 0.15) is 11.1 Å². The van der Waals surface area contributed by atoms with Crippen LogP contribution in [0.4, 0.5) is 5.69 Å². The second kappa shape index (κ2) is 7.40. The van der Waals surface area contributed by atoms with Crippen LogP contribution in [0.25, 0.3) is 11.5 Å². The van der Waals surface area contributed by atoms with Crippen LogP contribution in [0.2, 0.25) is 0 Å². The fourth-order valence-corrected chi connectivity index (χ4v) is 2.97. The molecule has 0 saturated carbocycles. The van der Waals surface area contributed by atoms with Crippen molar-refractivity contribution in [2.24, 2.45) is 0 Å². The first-order chi connectivity index (χ1) is 12.0. The summed E-state index contributed by atoms with van der Waals surface area (Å²) in [5.74, 6) is 0.276. The van der Waals surface area contributed by atoms with Gasteiger partial charge >= 0.3 is 0 Å². The number of phenols is 1. The Hall–Kier alpha value is -2.80. The molecule has 0 radical (unpaired) electrons. The highest BCUT2D eigenvalue weighted by Gasteiger charge is 2.13. The molecule has 0 spiro atoms. The average molecular weight is 355 g/mol. The molecular weight excluding hydrogens is 338 g/mol. The van der Waals surface area contributed by atoms with Crippen molar-refractivity contribution in [1.29, 1.82) is 0 Å². The van der Waals surface area contributed by atoms with Gasteiger partial charge in [0.2, 0.25) is 5.91 Å². The standard InChI is InChI=1S/C18H17N3O3S/c1-11-7-12(2)9-13(8-11)19-16(23)10-25-18-21-20-17(24-18)14-5-3-4-6-15(14)22/h3-9,22H,10H2,1-2H3,(H,19,23). The van der Waals surface area contributed by atoms with E-state index in [9.17, 15) is 9.90 Å². The van der Waals surface area contributed by atoms with Gasteiger partial charge in [-0.05, 0) is 49.2 Å². The third-order valence-electron chi connectivity index (χ3n) is 3.37. The van der Waals surface area contributed by atoms with Crippen LogP contribution in [-0.4, -0.2) is 27.0 Å². The van der Waals surface area contributed by atoms with Gasteiger partial charge in [0.05, 0.1) is 11.3 Å². The number of phenolic OH excluding ortho intramolecular Hbond substituents is 1. The molecule has 0 aliphatic carbocycles. The maximum absolute atomic E-state index is 12.1. The van der Waals surface area contributed by atoms with E-state index in [2.05, 4.69) is 15.5 Å². The predicted molar refractivity (Wildman–Crippen MR) is 96.7 cm³/mol. The summed E-state index contributed by atoms with van der Waals surface area (Å²) in [7, 11) is 0. The number of nitrogens with zero attached hydrogens (tertiary/aromatic N) is 2. The van der Waals surface area contributed by atoms with E-state index in [4.69, 9.17) is 4.42 Å². The second-order valence-corrected chi connectivity index (χ2v) is 6.53. The first-order valence-corrected chi connectivity index (χ1v) is 8.62. The number of para-hydroxylation sites is 1. The van der Waals surface area contributed by atoms with Crippen molar-refractivity contribution in [3.05, 3.63) is 53.6 Å². The Balaban J connectivity index is 1.60. The molecule has 6 nitrogen and oxygen atoms in total. The number of benzene rings is 2. The lowest BCUT2D eigenvalue weighted by Gasteiger charge is -2.06. The van der Waals surface area contributed by atoms with Gasteiger partial charge in [0, 0.05) is 5.69 Å². The molecule has 7 heteroatoms. The molecule has 3 aromatic rings. The number of carbonyl (C=O) groups excluding carboxylic acids is 1. The Morgan fingerprint density at radius 2 is 1.88 bits per heavy atom. The smallest absolute Gasteiger partial charge is 0.277 e. The first kappa shape index (κ1) is 17.0. The maximum atomic E-state index is 12.1. The number of hydrogen-bond donors (Lipinski definition) is 2. The van der Waals surface area contributed by atoms with E-state index >= 15 is 0 Å². The summed E-state index contributed by atoms with van der Waals surface area (Å²) in [6, 6.07) is 12.6. The van der Waals surface area contributed by atoms with E-state index < -0.39 is 0 Å². The fraction of sp³-hybridized carbons (Fsp3) is 0.167. The lowest BCUT2D eigenvalue weighted by Crippen LogP contribution is -2.14. The molecule has 2 N–H and O–H groups in total. The van der Waals surface area contributed by atoms with Crippen molar-refractivity contribution in [2.45, 2.75) is 19.1 Å². The highest BCUT2D eigenvalue weighted by molar-refractivity contribution is 7.99. The van der Waals surface area contributed by atoms with Gasteiger partial charge in [0.15, 0.2) is 0 Å². The van der Waals surface area contributed by atoms with Gasteiger partial charge < -0.3 is 14.8 Å². The Kier molecular flexibility index (Phi) is 5.04. The van der Waals surface area contributed by atoms with Crippen molar-refractivity contribution in [2.75, 3.05) is 11.1 Å². The van der Waals surface area contributed by atoms with E-state index in [0.29, 0.717) is 5.56 Å². The van der Waals surface area contributed by atoms with Gasteiger partial charge in [0.25, 0.3) is 11.1 Å². The van der Waals surface area contributed by atoms with Crippen molar-refractivity contribution in [3.8, 4) is 17.2 Å². The lowest BCUT2D eigenvalue weighted by atomic mass is 10.1. The number of aromatic hydroxyl groups is 1. The highest BCUT2D eigenvalue weighted by Crippen LogP contribution is 2.29. The molecule has 25 heavy (non-hydrogen) atoms. The quantitative estimate of drug-likeness (QED) is 0.677. The molecule has 1 heterocycles. The second-order valence-electron chi connectivity index (χ2n) is 5.60. The summed E-state index contributed by atoms with van der Waals surface area (Å²) < 4.78 is 5.49. The molecule has 128 valence electrons. The SMILES string of the molecule is Cc1cc(C)cc(NC(=O)CSc2nnc(-c3ccccc3O)o2)c1. The summed E-state index contributed by atoms with van der Waals surface area (Å²) in [4.78, 5) is 12.1. The van der Waals surface area contributed by atoms with Crippen molar-refractivity contribution in [1.82, 2.24) is 10.2 Å². The zero-order chi connectivity index (χ0) is 17.8. The molecule has 0 atom stereocenters. The minimum absolute atomic E-state index is 0.0651. The lowest BCUT2D eigenvalue weighted by molar-refractivity contribution is -0.113. The number of aromatic nitrogens is 2. The Morgan fingerprint density at radius 3 is 2.60 bits per heavy atom. The van der Waals surface area contributed by atoms with Crippen LogP contribution in [0.3, 0.4) is 0 Å². The number of rotatable bonds is 5. The molecule has 0 unspecified atom stereocenters. The summed E-state index contributed by atoms with van der Waals surface area (Å²) in [6.45, 7) is 3.97. The van der Waals surface area contributed by atoms with Gasteiger partial charge in [-0.15, -0.1) is 10.2 Å². The number of carbonyl (C=O) groups is 1. The largest absolute Gasteiger partial charge is 0.507 e. The minimum atomic E-state index is -0.155. The number of thioether (sulfide) groups is 1. The maximum Gasteiger partial charge on any atom is 0.277 e. The number of nitrogens with one attached hydrogen (secondary N) is 1. The Labute approximate surface area is 149 Å². The summed E-state index contributed by atoms with van der Waals surface area (Å²) in [6.07, 6.45) is 0. The van der Waals surface area contributed by atoms with Crippen molar-refractivity contribution in [3.63, 3.8) is 0 Å². The zero-order valence-electron chi connectivity index (χ0n) is 13.8. The van der Waals surface area contributed by atoms with Gasteiger partial charge in [-0.3, -0.25) is 4.79 Å². The van der Waals surface area contributed by atoms with E-state index in [1.54, 1.807) is 24.3 Å². The Bertz CT molecular complexity index is 888. The van der Waals surface area contributed by atoms with E-state index in [1.807, 2.05) is 32.0 Å². The zero-order valence-corrected chi connectivity index (χ0v) is 14.6. The molecule has 3 rings (SSSR count). The fourth-order valence-electron chi connectivity index (χ4n) is 2.40. The molecule has 1 amide bonds. The molecule has 0 aliphatic heterocycles. The van der Waals surface area contributed by atoms with Crippen molar-refractivity contribution < 1.29 is 14.3 Å². The van der Waals surface area contributed by atoms with E-state index in [0.717, 1.165) is 28.6 Å². The Morgan fingerprint density at radius 1 is 1.16 bits per heavy atom. The van der Waals surface area contributed by atoms with Crippen LogP contribution >= 0.6 is 11.8 Å². The van der Waals surface area contributed by atoms with Crippen LogP contribution in [-0.2, 0) is 4.79 Å². The molecular formula is C18H17N3O3S. The third kappa shape index (κ3) is 4.39. The minimum Gasteiger partial charge on any atom is -0.507 e. The van der Waals surface area contributed by atoms with E-state index in [1.165, 1.54) is 0 Å². The van der Waals surface area contributed by atoms with Crippen molar-refractivity contribution >= 4 is 23.4 Å². The third-order valence-corrected chi connectivity index (χ3v) is 4.19. The molecule has 0 fully saturated rings. The first-order valence-electron chi connectivity index (χ1n) is 7.64. The van der Waals surface area contributed by atoms with Gasteiger partial charge in [-0.2, -0.15) is 0 Å². The number of aryl methyl sites for hydroxylation is 2. The molecule has 0 saturated heterocycles.